The van der Waals surface area contributed by atoms with Crippen LogP contribution in [0.3, 0.4) is 0 Å². The van der Waals surface area contributed by atoms with Crippen molar-refractivity contribution in [1.82, 2.24) is 0 Å². The van der Waals surface area contributed by atoms with Crippen LogP contribution in [0.15, 0.2) is 42.5 Å². The molecule has 3 rings (SSSR count). The summed E-state index contributed by atoms with van der Waals surface area (Å²) in [6.45, 7) is 4.49. The quantitative estimate of drug-likeness (QED) is 0.544. The molecule has 1 aromatic rings. The molecule has 2 heteroatoms. The van der Waals surface area contributed by atoms with E-state index in [0.717, 1.165) is 23.3 Å². The Morgan fingerprint density at radius 1 is 1.04 bits per heavy atom. The largest absolute Gasteiger partial charge is 0.486 e. The maximum atomic E-state index is 14.3. The van der Waals surface area contributed by atoms with Gasteiger partial charge in [-0.05, 0) is 93.7 Å². The molecule has 0 aliphatic heterocycles. The van der Waals surface area contributed by atoms with Gasteiger partial charge in [-0.2, -0.15) is 0 Å². The van der Waals surface area contributed by atoms with Gasteiger partial charge in [0.25, 0.3) is 0 Å². The van der Waals surface area contributed by atoms with Crippen LogP contribution in [0.5, 0.6) is 5.75 Å². The Labute approximate surface area is 152 Å². The van der Waals surface area contributed by atoms with Crippen LogP contribution in [0.4, 0.5) is 4.39 Å². The molecule has 2 aliphatic rings. The molecule has 0 radical (unpaired) electrons. The van der Waals surface area contributed by atoms with E-state index in [1.54, 1.807) is 6.07 Å². The molecule has 136 valence electrons. The van der Waals surface area contributed by atoms with Gasteiger partial charge >= 0.3 is 0 Å². The van der Waals surface area contributed by atoms with Gasteiger partial charge in [-0.15, -0.1) is 0 Å². The molecular formula is C23H31FO. The number of rotatable bonds is 5. The number of hydrogen-bond donors (Lipinski definition) is 0. The Hall–Kier alpha value is -1.57. The Bertz CT molecular complexity index is 619. The summed E-state index contributed by atoms with van der Waals surface area (Å²) in [5, 5.41) is 0. The summed E-state index contributed by atoms with van der Waals surface area (Å²) in [5.74, 6) is 3.14. The highest BCUT2D eigenvalue weighted by Gasteiger charge is 2.35. The maximum Gasteiger partial charge on any atom is 0.165 e. The van der Waals surface area contributed by atoms with E-state index in [0.29, 0.717) is 18.3 Å². The van der Waals surface area contributed by atoms with E-state index in [1.165, 1.54) is 38.5 Å². The SMILES string of the molecule is CC=CCOc1ccc(C2CCC3CC(C=CC)CCC3C2)cc1F. The van der Waals surface area contributed by atoms with Gasteiger partial charge < -0.3 is 4.74 Å². The number of benzene rings is 1. The van der Waals surface area contributed by atoms with Gasteiger partial charge in [-0.3, -0.25) is 0 Å². The molecule has 0 heterocycles. The third kappa shape index (κ3) is 4.54. The lowest BCUT2D eigenvalue weighted by Crippen LogP contribution is -2.30. The lowest BCUT2D eigenvalue weighted by atomic mass is 9.64. The van der Waals surface area contributed by atoms with Gasteiger partial charge in [0.1, 0.15) is 6.61 Å². The highest BCUT2D eigenvalue weighted by molar-refractivity contribution is 5.32. The number of allylic oxidation sites excluding steroid dienone is 3. The molecule has 0 aromatic heterocycles. The summed E-state index contributed by atoms with van der Waals surface area (Å²) in [6.07, 6.45) is 16.1. The fraction of sp³-hybridized carbons (Fsp3) is 0.565. The fourth-order valence-electron chi connectivity index (χ4n) is 4.80. The van der Waals surface area contributed by atoms with Crippen LogP contribution >= 0.6 is 0 Å². The van der Waals surface area contributed by atoms with Crippen molar-refractivity contribution in [2.24, 2.45) is 17.8 Å². The van der Waals surface area contributed by atoms with E-state index in [1.807, 2.05) is 25.1 Å². The summed E-state index contributed by atoms with van der Waals surface area (Å²) in [5.41, 5.74) is 1.16. The van der Waals surface area contributed by atoms with Crippen LogP contribution in [0, 0.1) is 23.6 Å². The third-order valence-electron chi connectivity index (χ3n) is 6.12. The number of halogens is 1. The number of fused-ring (bicyclic) bond motifs is 1. The van der Waals surface area contributed by atoms with Gasteiger partial charge in [-0.1, -0.05) is 30.4 Å². The predicted molar refractivity (Wildman–Crippen MR) is 102 cm³/mol. The molecule has 0 spiro atoms. The van der Waals surface area contributed by atoms with E-state index < -0.39 is 0 Å². The van der Waals surface area contributed by atoms with Gasteiger partial charge in [0.15, 0.2) is 11.6 Å². The van der Waals surface area contributed by atoms with E-state index in [2.05, 4.69) is 25.1 Å². The molecule has 0 saturated heterocycles. The zero-order chi connectivity index (χ0) is 17.6. The second-order valence-corrected chi connectivity index (χ2v) is 7.70. The first-order valence-electron chi connectivity index (χ1n) is 9.87. The Morgan fingerprint density at radius 2 is 1.84 bits per heavy atom. The normalized spacial score (nSPS) is 29.9. The molecule has 2 saturated carbocycles. The second-order valence-electron chi connectivity index (χ2n) is 7.70. The third-order valence-corrected chi connectivity index (χ3v) is 6.12. The average molecular weight is 342 g/mol. The predicted octanol–water partition coefficient (Wildman–Crippen LogP) is 6.66. The van der Waals surface area contributed by atoms with E-state index >= 15 is 0 Å². The molecule has 2 fully saturated rings. The summed E-state index contributed by atoms with van der Waals surface area (Å²) < 4.78 is 19.8. The van der Waals surface area contributed by atoms with E-state index in [-0.39, 0.29) is 5.82 Å². The van der Waals surface area contributed by atoms with Crippen molar-refractivity contribution < 1.29 is 9.13 Å². The first-order valence-corrected chi connectivity index (χ1v) is 9.87. The summed E-state index contributed by atoms with van der Waals surface area (Å²) in [6, 6.07) is 5.59. The fourth-order valence-corrected chi connectivity index (χ4v) is 4.80. The molecule has 0 bridgehead atoms. The Morgan fingerprint density at radius 3 is 2.60 bits per heavy atom. The maximum absolute atomic E-state index is 14.3. The summed E-state index contributed by atoms with van der Waals surface area (Å²) >= 11 is 0. The Kier molecular flexibility index (Phi) is 6.34. The smallest absolute Gasteiger partial charge is 0.165 e. The minimum Gasteiger partial charge on any atom is -0.486 e. The van der Waals surface area contributed by atoms with Crippen LogP contribution in [0.25, 0.3) is 0 Å². The highest BCUT2D eigenvalue weighted by atomic mass is 19.1. The van der Waals surface area contributed by atoms with Crippen molar-refractivity contribution in [1.29, 1.82) is 0 Å². The van der Waals surface area contributed by atoms with Crippen molar-refractivity contribution in [3.63, 3.8) is 0 Å². The minimum absolute atomic E-state index is 0.221. The van der Waals surface area contributed by atoms with E-state index in [4.69, 9.17) is 4.74 Å². The van der Waals surface area contributed by atoms with Crippen LogP contribution in [0.1, 0.15) is 63.9 Å². The van der Waals surface area contributed by atoms with Crippen LogP contribution in [0.2, 0.25) is 0 Å². The molecule has 0 N–H and O–H groups in total. The highest BCUT2D eigenvalue weighted by Crippen LogP contribution is 2.48. The zero-order valence-electron chi connectivity index (χ0n) is 15.6. The molecule has 4 atom stereocenters. The van der Waals surface area contributed by atoms with Crippen molar-refractivity contribution in [2.45, 2.75) is 58.3 Å². The molecule has 25 heavy (non-hydrogen) atoms. The van der Waals surface area contributed by atoms with Gasteiger partial charge in [0.2, 0.25) is 0 Å². The van der Waals surface area contributed by atoms with E-state index in [9.17, 15) is 4.39 Å². The van der Waals surface area contributed by atoms with Gasteiger partial charge in [0, 0.05) is 0 Å². The molecule has 1 aromatic carbocycles. The van der Waals surface area contributed by atoms with Gasteiger partial charge in [-0.25, -0.2) is 4.39 Å². The van der Waals surface area contributed by atoms with Crippen LogP contribution in [-0.2, 0) is 0 Å². The molecular weight excluding hydrogens is 311 g/mol. The molecule has 1 nitrogen and oxygen atoms in total. The zero-order valence-corrected chi connectivity index (χ0v) is 15.6. The van der Waals surface area contributed by atoms with Crippen molar-refractivity contribution in [2.75, 3.05) is 6.61 Å². The van der Waals surface area contributed by atoms with Gasteiger partial charge in [0.05, 0.1) is 0 Å². The standard InChI is InChI=1S/C23H31FO/c1-3-5-13-25-23-12-11-21(16-22(23)24)20-10-9-18-14-17(6-4-2)7-8-19(18)15-20/h3-6,11-12,16-20H,7-10,13-15H2,1-2H3. The number of hydrogen-bond acceptors (Lipinski definition) is 1. The van der Waals surface area contributed by atoms with Crippen molar-refractivity contribution >= 4 is 0 Å². The molecule has 0 amide bonds. The lowest BCUT2D eigenvalue weighted by Gasteiger charge is -2.41. The van der Waals surface area contributed by atoms with Crippen molar-refractivity contribution in [3.05, 3.63) is 53.9 Å². The van der Waals surface area contributed by atoms with Crippen LogP contribution in [-0.4, -0.2) is 6.61 Å². The topological polar surface area (TPSA) is 9.23 Å². The summed E-state index contributed by atoms with van der Waals surface area (Å²) in [7, 11) is 0. The average Bonchev–Trinajstić information content (AvgIpc) is 2.63. The monoisotopic (exact) mass is 342 g/mol. The molecule has 2 aliphatic carbocycles. The molecule has 4 unspecified atom stereocenters. The van der Waals surface area contributed by atoms with Crippen molar-refractivity contribution in [3.8, 4) is 5.75 Å². The summed E-state index contributed by atoms with van der Waals surface area (Å²) in [4.78, 5) is 0. The first-order chi connectivity index (χ1) is 12.2. The lowest BCUT2D eigenvalue weighted by molar-refractivity contribution is 0.133. The first kappa shape index (κ1) is 18.2. The number of ether oxygens (including phenoxy) is 1. The van der Waals surface area contributed by atoms with Crippen LogP contribution < -0.4 is 4.74 Å². The minimum atomic E-state index is -0.221. The Balaban J connectivity index is 1.61. The second kappa shape index (κ2) is 8.69.